The number of hydrogen-bond donors (Lipinski definition) is 0. The van der Waals surface area contributed by atoms with Crippen molar-refractivity contribution < 1.29 is 28.7 Å². The molecule has 2 aliphatic heterocycles. The number of benzene rings is 4. The first-order valence-corrected chi connectivity index (χ1v) is 15.0. The number of carbonyl (C=O) groups is 4. The Hall–Kier alpha value is -6.28. The number of imide groups is 2. The summed E-state index contributed by atoms with van der Waals surface area (Å²) in [6.07, 6.45) is 8.12. The molecule has 0 saturated carbocycles. The zero-order valence-electron chi connectivity index (χ0n) is 25.2. The Morgan fingerprint density at radius 2 is 0.936 bits per heavy atom. The number of carbonyl (C=O) groups excluding carboxylic acids is 4. The molecule has 0 atom stereocenters. The summed E-state index contributed by atoms with van der Waals surface area (Å²) in [5, 5.41) is 0. The van der Waals surface area contributed by atoms with Gasteiger partial charge in [0.25, 0.3) is 23.6 Å². The van der Waals surface area contributed by atoms with Crippen molar-refractivity contribution in [2.24, 2.45) is 0 Å². The zero-order chi connectivity index (χ0) is 32.7. The molecule has 0 saturated heterocycles. The van der Waals surface area contributed by atoms with Gasteiger partial charge in [-0.1, -0.05) is 86.0 Å². The van der Waals surface area contributed by atoms with Crippen LogP contribution < -0.4 is 19.3 Å². The first-order chi connectivity index (χ1) is 22.9. The molecule has 47 heavy (non-hydrogen) atoms. The van der Waals surface area contributed by atoms with Gasteiger partial charge >= 0.3 is 0 Å². The molecular formula is C39H28N2O6. The van der Waals surface area contributed by atoms with Crippen molar-refractivity contribution in [3.05, 3.63) is 157 Å². The molecule has 8 heteroatoms. The first-order valence-electron chi connectivity index (χ1n) is 15.0. The Bertz CT molecular complexity index is 1910. The van der Waals surface area contributed by atoms with Crippen LogP contribution in [-0.4, -0.2) is 36.8 Å². The van der Waals surface area contributed by atoms with E-state index in [1.807, 2.05) is 48.5 Å². The van der Waals surface area contributed by atoms with Crippen molar-refractivity contribution in [2.45, 2.75) is 5.41 Å². The molecule has 4 aromatic rings. The molecule has 0 fully saturated rings. The average Bonchev–Trinajstić information content (AvgIpc) is 3.72. The third kappa shape index (κ3) is 4.53. The number of anilines is 2. The molecule has 7 rings (SSSR count). The minimum atomic E-state index is -0.947. The standard InChI is InChI=1S/C39H28N2O6/c1-3-21-46-33-23-25(13-15-31(33)40-35(42)17-18-36(40)43)39(29-11-7-5-9-27(29)28-10-6-8-12-30(28)39)26-14-16-32(34(24-26)47-22-4-2)41-37(44)19-20-38(41)45/h3-20,23-24H,1-2,21-22H2. The third-order valence-corrected chi connectivity index (χ3v) is 8.55. The lowest BCUT2D eigenvalue weighted by molar-refractivity contribution is -0.121. The fraction of sp³-hybridized carbons (Fsp3) is 0.0769. The van der Waals surface area contributed by atoms with Gasteiger partial charge in [0.05, 0.1) is 16.8 Å². The van der Waals surface area contributed by atoms with Gasteiger partial charge in [-0.15, -0.1) is 0 Å². The molecule has 0 bridgehead atoms. The highest BCUT2D eigenvalue weighted by Gasteiger charge is 2.47. The second-order valence-electron chi connectivity index (χ2n) is 11.1. The molecule has 230 valence electrons. The van der Waals surface area contributed by atoms with E-state index in [4.69, 9.17) is 9.47 Å². The Morgan fingerprint density at radius 1 is 0.553 bits per heavy atom. The Balaban J connectivity index is 1.52. The molecule has 2 heterocycles. The molecule has 0 aromatic heterocycles. The van der Waals surface area contributed by atoms with Gasteiger partial charge in [-0.25, -0.2) is 9.80 Å². The van der Waals surface area contributed by atoms with Crippen LogP contribution in [0, 0.1) is 0 Å². The second-order valence-corrected chi connectivity index (χ2v) is 11.1. The van der Waals surface area contributed by atoms with Gasteiger partial charge in [-0.3, -0.25) is 19.2 Å². The minimum absolute atomic E-state index is 0.139. The third-order valence-electron chi connectivity index (χ3n) is 8.55. The highest BCUT2D eigenvalue weighted by Crippen LogP contribution is 2.57. The molecule has 1 aliphatic carbocycles. The Labute approximate surface area is 271 Å². The van der Waals surface area contributed by atoms with Crippen molar-refractivity contribution in [3.8, 4) is 22.6 Å². The monoisotopic (exact) mass is 620 g/mol. The molecule has 0 unspecified atom stereocenters. The van der Waals surface area contributed by atoms with Crippen molar-refractivity contribution >= 4 is 35.0 Å². The molecule has 0 spiro atoms. The summed E-state index contributed by atoms with van der Waals surface area (Å²) in [6, 6.07) is 27.2. The molecule has 8 nitrogen and oxygen atoms in total. The first kappa shape index (κ1) is 29.4. The van der Waals surface area contributed by atoms with E-state index in [9.17, 15) is 19.2 Å². The van der Waals surface area contributed by atoms with E-state index in [1.54, 1.807) is 24.3 Å². The van der Waals surface area contributed by atoms with Gasteiger partial charge < -0.3 is 9.47 Å². The van der Waals surface area contributed by atoms with Gasteiger partial charge in [0.2, 0.25) is 0 Å². The second kappa shape index (κ2) is 11.6. The van der Waals surface area contributed by atoms with Crippen LogP contribution >= 0.6 is 0 Å². The lowest BCUT2D eigenvalue weighted by atomic mass is 9.67. The smallest absolute Gasteiger partial charge is 0.258 e. The molecule has 4 amide bonds. The number of rotatable bonds is 10. The molecule has 0 N–H and O–H groups in total. The number of ether oxygens (including phenoxy) is 2. The van der Waals surface area contributed by atoms with Crippen molar-refractivity contribution in [1.82, 2.24) is 0 Å². The van der Waals surface area contributed by atoms with Crippen LogP contribution in [0.3, 0.4) is 0 Å². The van der Waals surface area contributed by atoms with Crippen LogP contribution in [-0.2, 0) is 24.6 Å². The normalized spacial score (nSPS) is 15.7. The Kier molecular flexibility index (Phi) is 7.25. The van der Waals surface area contributed by atoms with Crippen LogP contribution in [0.2, 0.25) is 0 Å². The van der Waals surface area contributed by atoms with E-state index in [2.05, 4.69) is 37.4 Å². The zero-order valence-corrected chi connectivity index (χ0v) is 25.2. The van der Waals surface area contributed by atoms with Gasteiger partial charge in [0.1, 0.15) is 24.7 Å². The van der Waals surface area contributed by atoms with Gasteiger partial charge in [0.15, 0.2) is 0 Å². The number of fused-ring (bicyclic) bond motifs is 3. The van der Waals surface area contributed by atoms with Gasteiger partial charge in [-0.05, 0) is 57.6 Å². The fourth-order valence-electron chi connectivity index (χ4n) is 6.69. The van der Waals surface area contributed by atoms with Crippen LogP contribution in [0.25, 0.3) is 11.1 Å². The maximum absolute atomic E-state index is 12.7. The topological polar surface area (TPSA) is 93.2 Å². The maximum atomic E-state index is 12.7. The average molecular weight is 621 g/mol. The van der Waals surface area contributed by atoms with Gasteiger partial charge in [0, 0.05) is 24.3 Å². The Morgan fingerprint density at radius 3 is 1.32 bits per heavy atom. The predicted octanol–water partition coefficient (Wildman–Crippen LogP) is 6.04. The number of amides is 4. The van der Waals surface area contributed by atoms with Crippen LogP contribution in [0.15, 0.2) is 135 Å². The van der Waals surface area contributed by atoms with E-state index in [0.29, 0.717) is 22.9 Å². The summed E-state index contributed by atoms with van der Waals surface area (Å²) in [7, 11) is 0. The lowest BCUT2D eigenvalue weighted by Crippen LogP contribution is -2.32. The SMILES string of the molecule is C=CCOc1cc(C2(c3ccc(N4C(=O)C=CC4=O)c(OCC=C)c3)c3ccccc3-c3ccccc32)ccc1N1C(=O)C=CC1=O. The highest BCUT2D eigenvalue weighted by atomic mass is 16.5. The molecular weight excluding hydrogens is 592 g/mol. The largest absolute Gasteiger partial charge is 0.487 e. The lowest BCUT2D eigenvalue weighted by Gasteiger charge is -2.35. The number of hydrogen-bond acceptors (Lipinski definition) is 6. The quantitative estimate of drug-likeness (QED) is 0.140. The molecule has 3 aliphatic rings. The van der Waals surface area contributed by atoms with Crippen LogP contribution in [0.5, 0.6) is 11.5 Å². The van der Waals surface area contributed by atoms with Crippen LogP contribution in [0.4, 0.5) is 11.4 Å². The van der Waals surface area contributed by atoms with E-state index in [-0.39, 0.29) is 13.2 Å². The van der Waals surface area contributed by atoms with E-state index in [0.717, 1.165) is 43.2 Å². The van der Waals surface area contributed by atoms with Crippen molar-refractivity contribution in [1.29, 1.82) is 0 Å². The highest BCUT2D eigenvalue weighted by molar-refractivity contribution is 6.29. The molecule has 4 aromatic carbocycles. The van der Waals surface area contributed by atoms with E-state index < -0.39 is 29.0 Å². The fourth-order valence-corrected chi connectivity index (χ4v) is 6.69. The van der Waals surface area contributed by atoms with Crippen LogP contribution in [0.1, 0.15) is 22.3 Å². The summed E-state index contributed by atoms with van der Waals surface area (Å²) in [6.45, 7) is 7.83. The predicted molar refractivity (Wildman–Crippen MR) is 178 cm³/mol. The van der Waals surface area contributed by atoms with Crippen molar-refractivity contribution in [3.63, 3.8) is 0 Å². The minimum Gasteiger partial charge on any atom is -0.487 e. The summed E-state index contributed by atoms with van der Waals surface area (Å²) in [5.74, 6) is -1.19. The summed E-state index contributed by atoms with van der Waals surface area (Å²) in [5.41, 5.74) is 5.29. The van der Waals surface area contributed by atoms with Gasteiger partial charge in [-0.2, -0.15) is 0 Å². The maximum Gasteiger partial charge on any atom is 0.258 e. The summed E-state index contributed by atoms with van der Waals surface area (Å²) in [4.78, 5) is 53.1. The van der Waals surface area contributed by atoms with Crippen molar-refractivity contribution in [2.75, 3.05) is 23.0 Å². The number of nitrogens with zero attached hydrogens (tertiary/aromatic N) is 2. The van der Waals surface area contributed by atoms with E-state index >= 15 is 0 Å². The van der Waals surface area contributed by atoms with E-state index in [1.165, 1.54) is 24.3 Å². The molecule has 0 radical (unpaired) electrons. The summed E-state index contributed by atoms with van der Waals surface area (Å²) >= 11 is 0. The summed E-state index contributed by atoms with van der Waals surface area (Å²) < 4.78 is 12.2.